The molecule has 0 spiro atoms. The molecule has 0 N–H and O–H groups in total. The first kappa shape index (κ1) is 13.6. The van der Waals surface area contributed by atoms with Crippen molar-refractivity contribution < 1.29 is 4.74 Å². The molecular formula is C18H15NO. The molecule has 0 aliphatic heterocycles. The lowest BCUT2D eigenvalue weighted by Gasteiger charge is -2.07. The molecule has 98 valence electrons. The standard InChI is InChI=1S/C18H15NO/c1-2-3-14-18(17-12-8-5-9-13-17)19(20)15-16-10-6-4-7-11-16/h2,4-13H,1,15H2/b19-18+. The van der Waals surface area contributed by atoms with Gasteiger partial charge >= 0.3 is 0 Å². The zero-order valence-electron chi connectivity index (χ0n) is 11.1. The van der Waals surface area contributed by atoms with Crippen LogP contribution in [0.1, 0.15) is 11.1 Å². The first-order valence-corrected chi connectivity index (χ1v) is 6.34. The van der Waals surface area contributed by atoms with E-state index in [9.17, 15) is 5.21 Å². The molecule has 2 nitrogen and oxygen atoms in total. The normalized spacial score (nSPS) is 11.0. The van der Waals surface area contributed by atoms with Crippen LogP contribution in [0.4, 0.5) is 0 Å². The van der Waals surface area contributed by atoms with Crippen molar-refractivity contribution in [2.24, 2.45) is 0 Å². The smallest absolute Gasteiger partial charge is 0.270 e. The first-order chi connectivity index (χ1) is 9.81. The van der Waals surface area contributed by atoms with Gasteiger partial charge in [-0.25, -0.2) is 0 Å². The van der Waals surface area contributed by atoms with Gasteiger partial charge in [0.25, 0.3) is 5.71 Å². The van der Waals surface area contributed by atoms with Gasteiger partial charge in [0.15, 0.2) is 6.54 Å². The quantitative estimate of drug-likeness (QED) is 0.273. The lowest BCUT2D eigenvalue weighted by atomic mass is 10.1. The van der Waals surface area contributed by atoms with Gasteiger partial charge in [0.1, 0.15) is 0 Å². The third-order valence-electron chi connectivity index (χ3n) is 2.76. The number of allylic oxidation sites excluding steroid dienone is 1. The monoisotopic (exact) mass is 261 g/mol. The fraction of sp³-hybridized carbons (Fsp3) is 0.0556. The van der Waals surface area contributed by atoms with E-state index in [2.05, 4.69) is 18.4 Å². The highest BCUT2D eigenvalue weighted by Crippen LogP contribution is 2.05. The van der Waals surface area contributed by atoms with E-state index >= 15 is 0 Å². The molecule has 0 aromatic heterocycles. The van der Waals surface area contributed by atoms with Crippen molar-refractivity contribution in [3.63, 3.8) is 0 Å². The Morgan fingerprint density at radius 2 is 1.65 bits per heavy atom. The fourth-order valence-electron chi connectivity index (χ4n) is 1.82. The summed E-state index contributed by atoms with van der Waals surface area (Å²) < 4.78 is 0.918. The highest BCUT2D eigenvalue weighted by atomic mass is 16.5. The van der Waals surface area contributed by atoms with Crippen molar-refractivity contribution in [2.75, 3.05) is 0 Å². The third kappa shape index (κ3) is 3.60. The Bertz CT molecular complexity index is 661. The minimum absolute atomic E-state index is 0.275. The Morgan fingerprint density at radius 3 is 2.25 bits per heavy atom. The Labute approximate surface area is 119 Å². The number of nitrogens with zero attached hydrogens (tertiary/aromatic N) is 1. The molecule has 0 unspecified atom stereocenters. The predicted octanol–water partition coefficient (Wildman–Crippen LogP) is 3.38. The van der Waals surface area contributed by atoms with Gasteiger partial charge in [-0.05, 0) is 18.2 Å². The molecule has 0 aliphatic rings. The molecule has 20 heavy (non-hydrogen) atoms. The highest BCUT2D eigenvalue weighted by molar-refractivity contribution is 6.09. The number of hydroxylamine groups is 1. The highest BCUT2D eigenvalue weighted by Gasteiger charge is 2.10. The summed E-state index contributed by atoms with van der Waals surface area (Å²) in [5.41, 5.74) is 2.22. The van der Waals surface area contributed by atoms with Crippen LogP contribution in [0.15, 0.2) is 73.3 Å². The Balaban J connectivity index is 2.39. The van der Waals surface area contributed by atoms with Crippen molar-refractivity contribution >= 4 is 5.71 Å². The number of hydrogen-bond acceptors (Lipinski definition) is 1. The molecular weight excluding hydrogens is 246 g/mol. The van der Waals surface area contributed by atoms with E-state index < -0.39 is 0 Å². The molecule has 2 rings (SSSR count). The zero-order valence-corrected chi connectivity index (χ0v) is 11.1. The maximum Gasteiger partial charge on any atom is 0.270 e. The Kier molecular flexibility index (Phi) is 4.75. The fourth-order valence-corrected chi connectivity index (χ4v) is 1.82. The summed E-state index contributed by atoms with van der Waals surface area (Å²) in [7, 11) is 0. The van der Waals surface area contributed by atoms with Crippen LogP contribution in [-0.2, 0) is 6.54 Å². The molecule has 2 aromatic carbocycles. The van der Waals surface area contributed by atoms with Gasteiger partial charge in [0.05, 0.1) is 5.56 Å². The molecule has 0 saturated heterocycles. The SMILES string of the molecule is C=CC#C/C(c1ccccc1)=[N+](\[O-])Cc1ccccc1. The minimum Gasteiger partial charge on any atom is -0.623 e. The second kappa shape index (κ2) is 6.96. The zero-order chi connectivity index (χ0) is 14.2. The molecule has 0 amide bonds. The summed E-state index contributed by atoms with van der Waals surface area (Å²) in [6, 6.07) is 19.1. The van der Waals surface area contributed by atoms with E-state index in [-0.39, 0.29) is 6.54 Å². The van der Waals surface area contributed by atoms with Crippen molar-refractivity contribution in [3.05, 3.63) is 89.7 Å². The summed E-state index contributed by atoms with van der Waals surface area (Å²) in [6.07, 6.45) is 1.49. The van der Waals surface area contributed by atoms with Gasteiger partial charge in [-0.2, -0.15) is 4.74 Å². The van der Waals surface area contributed by atoms with E-state index in [0.29, 0.717) is 5.71 Å². The van der Waals surface area contributed by atoms with Gasteiger partial charge in [-0.3, -0.25) is 0 Å². The van der Waals surface area contributed by atoms with Gasteiger partial charge < -0.3 is 5.21 Å². The summed E-state index contributed by atoms with van der Waals surface area (Å²) in [6.45, 7) is 3.84. The summed E-state index contributed by atoms with van der Waals surface area (Å²) in [5, 5.41) is 12.4. The number of rotatable bonds is 3. The second-order valence-electron chi connectivity index (χ2n) is 4.21. The predicted molar refractivity (Wildman–Crippen MR) is 82.3 cm³/mol. The topological polar surface area (TPSA) is 26.1 Å². The second-order valence-corrected chi connectivity index (χ2v) is 4.21. The summed E-state index contributed by atoms with van der Waals surface area (Å²) in [5.74, 6) is 5.62. The van der Waals surface area contributed by atoms with E-state index in [1.54, 1.807) is 0 Å². The van der Waals surface area contributed by atoms with Gasteiger partial charge in [-0.1, -0.05) is 61.0 Å². The average molecular weight is 261 g/mol. The maximum absolute atomic E-state index is 12.4. The first-order valence-electron chi connectivity index (χ1n) is 6.34. The van der Waals surface area contributed by atoms with Crippen LogP contribution in [0.25, 0.3) is 0 Å². The van der Waals surface area contributed by atoms with E-state index in [1.807, 2.05) is 60.7 Å². The van der Waals surface area contributed by atoms with E-state index in [1.165, 1.54) is 6.08 Å². The van der Waals surface area contributed by atoms with Crippen molar-refractivity contribution in [1.82, 2.24) is 0 Å². The van der Waals surface area contributed by atoms with Gasteiger partial charge in [0.2, 0.25) is 0 Å². The molecule has 0 atom stereocenters. The molecule has 0 bridgehead atoms. The summed E-state index contributed by atoms with van der Waals surface area (Å²) in [4.78, 5) is 0. The van der Waals surface area contributed by atoms with Crippen LogP contribution in [0.3, 0.4) is 0 Å². The molecule has 0 fully saturated rings. The van der Waals surface area contributed by atoms with E-state index in [4.69, 9.17) is 0 Å². The number of benzene rings is 2. The van der Waals surface area contributed by atoms with Crippen molar-refractivity contribution in [1.29, 1.82) is 0 Å². The molecule has 0 saturated carbocycles. The average Bonchev–Trinajstić information content (AvgIpc) is 2.50. The van der Waals surface area contributed by atoms with Gasteiger partial charge in [-0.15, -0.1) is 0 Å². The molecule has 0 radical (unpaired) electrons. The molecule has 2 heteroatoms. The number of hydrogen-bond donors (Lipinski definition) is 0. The minimum atomic E-state index is 0.275. The van der Waals surface area contributed by atoms with Crippen LogP contribution in [0, 0.1) is 17.0 Å². The Morgan fingerprint density at radius 1 is 1.05 bits per heavy atom. The van der Waals surface area contributed by atoms with E-state index in [0.717, 1.165) is 15.9 Å². The molecule has 0 heterocycles. The van der Waals surface area contributed by atoms with Crippen molar-refractivity contribution in [3.8, 4) is 11.8 Å². The van der Waals surface area contributed by atoms with Crippen LogP contribution in [-0.4, -0.2) is 10.5 Å². The molecule has 0 aliphatic carbocycles. The Hall–Kier alpha value is -2.79. The van der Waals surface area contributed by atoms with Crippen LogP contribution in [0.5, 0.6) is 0 Å². The lowest BCUT2D eigenvalue weighted by Crippen LogP contribution is -2.15. The van der Waals surface area contributed by atoms with Crippen LogP contribution >= 0.6 is 0 Å². The van der Waals surface area contributed by atoms with Gasteiger partial charge in [0, 0.05) is 11.5 Å². The van der Waals surface area contributed by atoms with Crippen LogP contribution < -0.4 is 0 Å². The largest absolute Gasteiger partial charge is 0.623 e. The summed E-state index contributed by atoms with van der Waals surface area (Å²) >= 11 is 0. The maximum atomic E-state index is 12.4. The van der Waals surface area contributed by atoms with Crippen molar-refractivity contribution in [2.45, 2.75) is 6.54 Å². The molecule has 2 aromatic rings. The lowest BCUT2D eigenvalue weighted by molar-refractivity contribution is -0.473. The van der Waals surface area contributed by atoms with Crippen LogP contribution in [0.2, 0.25) is 0 Å². The third-order valence-corrected chi connectivity index (χ3v) is 2.76.